The minimum Gasteiger partial charge on any atom is -0.356 e. The van der Waals surface area contributed by atoms with E-state index in [1.165, 1.54) is 5.56 Å². The van der Waals surface area contributed by atoms with Gasteiger partial charge in [-0.1, -0.05) is 30.3 Å². The van der Waals surface area contributed by atoms with E-state index in [9.17, 15) is 9.59 Å². The minimum absolute atomic E-state index is 0.0257. The van der Waals surface area contributed by atoms with E-state index in [4.69, 9.17) is 0 Å². The zero-order valence-corrected chi connectivity index (χ0v) is 9.32. The van der Waals surface area contributed by atoms with E-state index in [1.54, 1.807) is 0 Å². The maximum Gasteiger partial charge on any atom is 0.220 e. The molecule has 0 atom stereocenters. The van der Waals surface area contributed by atoms with Crippen LogP contribution in [0.15, 0.2) is 30.3 Å². The van der Waals surface area contributed by atoms with Gasteiger partial charge in [-0.05, 0) is 18.4 Å². The first-order chi connectivity index (χ1) is 7.83. The molecule has 0 heterocycles. The highest BCUT2D eigenvalue weighted by atomic mass is 16.1. The Labute approximate surface area is 95.9 Å². The molecule has 1 N–H and O–H groups in total. The molecular weight excluding hydrogens is 202 g/mol. The Morgan fingerprint density at radius 3 is 2.69 bits per heavy atom. The molecule has 1 aromatic rings. The minimum atomic E-state index is 0.0257. The number of amides is 1. The Balaban J connectivity index is 2.11. The standard InChI is InChI=1S/C13H17NO2/c15-11-5-4-8-13(16)14-10-9-12-6-2-1-3-7-12/h1-3,6-7,11H,4-5,8-10H2,(H,14,16). The summed E-state index contributed by atoms with van der Waals surface area (Å²) in [6, 6.07) is 10.0. The summed E-state index contributed by atoms with van der Waals surface area (Å²) in [6.45, 7) is 0.657. The number of hydrogen-bond donors (Lipinski definition) is 1. The fourth-order valence-corrected chi connectivity index (χ4v) is 1.43. The summed E-state index contributed by atoms with van der Waals surface area (Å²) >= 11 is 0. The number of nitrogens with one attached hydrogen (secondary N) is 1. The van der Waals surface area contributed by atoms with Crippen molar-refractivity contribution in [3.8, 4) is 0 Å². The molecule has 3 heteroatoms. The number of benzene rings is 1. The highest BCUT2D eigenvalue weighted by Gasteiger charge is 1.99. The van der Waals surface area contributed by atoms with Gasteiger partial charge in [0, 0.05) is 19.4 Å². The smallest absolute Gasteiger partial charge is 0.220 e. The molecule has 1 rings (SSSR count). The average molecular weight is 219 g/mol. The normalized spacial score (nSPS) is 9.75. The summed E-state index contributed by atoms with van der Waals surface area (Å²) in [5.41, 5.74) is 1.22. The quantitative estimate of drug-likeness (QED) is 0.560. The van der Waals surface area contributed by atoms with Crippen LogP contribution in [0.2, 0.25) is 0 Å². The zero-order chi connectivity index (χ0) is 11.6. The van der Waals surface area contributed by atoms with E-state index >= 15 is 0 Å². The number of aldehydes is 1. The zero-order valence-electron chi connectivity index (χ0n) is 9.32. The first-order valence-electron chi connectivity index (χ1n) is 5.57. The summed E-state index contributed by atoms with van der Waals surface area (Å²) < 4.78 is 0. The van der Waals surface area contributed by atoms with Crippen molar-refractivity contribution >= 4 is 12.2 Å². The number of unbranched alkanes of at least 4 members (excludes halogenated alkanes) is 1. The lowest BCUT2D eigenvalue weighted by molar-refractivity contribution is -0.121. The second kappa shape index (κ2) is 7.63. The highest BCUT2D eigenvalue weighted by Crippen LogP contribution is 1.98. The van der Waals surface area contributed by atoms with E-state index < -0.39 is 0 Å². The van der Waals surface area contributed by atoms with Gasteiger partial charge in [-0.25, -0.2) is 0 Å². The van der Waals surface area contributed by atoms with Crippen molar-refractivity contribution in [2.45, 2.75) is 25.7 Å². The molecule has 0 aliphatic rings. The fourth-order valence-electron chi connectivity index (χ4n) is 1.43. The summed E-state index contributed by atoms with van der Waals surface area (Å²) in [7, 11) is 0. The van der Waals surface area contributed by atoms with E-state index in [2.05, 4.69) is 5.32 Å². The Morgan fingerprint density at radius 1 is 1.25 bits per heavy atom. The molecule has 0 aromatic heterocycles. The van der Waals surface area contributed by atoms with Gasteiger partial charge < -0.3 is 10.1 Å². The third-order valence-corrected chi connectivity index (χ3v) is 2.30. The lowest BCUT2D eigenvalue weighted by Gasteiger charge is -2.04. The van der Waals surface area contributed by atoms with Crippen molar-refractivity contribution in [2.24, 2.45) is 0 Å². The van der Waals surface area contributed by atoms with Crippen LogP contribution >= 0.6 is 0 Å². The van der Waals surface area contributed by atoms with Gasteiger partial charge in [0.25, 0.3) is 0 Å². The summed E-state index contributed by atoms with van der Waals surface area (Å²) in [5, 5.41) is 2.84. The summed E-state index contributed by atoms with van der Waals surface area (Å²) in [5.74, 6) is 0.0257. The molecule has 0 aliphatic carbocycles. The maximum atomic E-state index is 11.3. The Bertz CT molecular complexity index is 322. The molecule has 3 nitrogen and oxygen atoms in total. The molecule has 86 valence electrons. The molecular formula is C13H17NO2. The predicted octanol–water partition coefficient (Wildman–Crippen LogP) is 1.71. The molecule has 0 aliphatic heterocycles. The van der Waals surface area contributed by atoms with E-state index in [0.29, 0.717) is 25.8 Å². The predicted molar refractivity (Wildman–Crippen MR) is 63.1 cm³/mol. The van der Waals surface area contributed by atoms with Crippen LogP contribution in [0.5, 0.6) is 0 Å². The molecule has 0 saturated carbocycles. The Kier molecular flexibility index (Phi) is 5.92. The van der Waals surface area contributed by atoms with Crippen LogP contribution in [0.4, 0.5) is 0 Å². The molecule has 0 unspecified atom stereocenters. The van der Waals surface area contributed by atoms with Crippen LogP contribution in [-0.2, 0) is 16.0 Å². The summed E-state index contributed by atoms with van der Waals surface area (Å²) in [4.78, 5) is 21.3. The van der Waals surface area contributed by atoms with Gasteiger partial charge in [-0.3, -0.25) is 4.79 Å². The number of hydrogen-bond acceptors (Lipinski definition) is 2. The molecule has 0 spiro atoms. The third kappa shape index (κ3) is 5.29. The van der Waals surface area contributed by atoms with Crippen molar-refractivity contribution in [3.05, 3.63) is 35.9 Å². The molecule has 0 radical (unpaired) electrons. The van der Waals surface area contributed by atoms with Crippen LogP contribution in [-0.4, -0.2) is 18.7 Å². The third-order valence-electron chi connectivity index (χ3n) is 2.30. The molecule has 1 aromatic carbocycles. The Morgan fingerprint density at radius 2 is 2.00 bits per heavy atom. The van der Waals surface area contributed by atoms with Crippen molar-refractivity contribution in [2.75, 3.05) is 6.54 Å². The van der Waals surface area contributed by atoms with Crippen LogP contribution in [0, 0.1) is 0 Å². The van der Waals surface area contributed by atoms with Crippen molar-refractivity contribution in [1.29, 1.82) is 0 Å². The molecule has 0 saturated heterocycles. The van der Waals surface area contributed by atoms with Gasteiger partial charge in [0.1, 0.15) is 6.29 Å². The first kappa shape index (κ1) is 12.4. The second-order valence-electron chi connectivity index (χ2n) is 3.64. The van der Waals surface area contributed by atoms with E-state index in [1.807, 2.05) is 30.3 Å². The monoisotopic (exact) mass is 219 g/mol. The van der Waals surface area contributed by atoms with Gasteiger partial charge >= 0.3 is 0 Å². The fraction of sp³-hybridized carbons (Fsp3) is 0.385. The van der Waals surface area contributed by atoms with Gasteiger partial charge in [-0.2, -0.15) is 0 Å². The number of rotatable bonds is 7. The number of carbonyl (C=O) groups is 2. The van der Waals surface area contributed by atoms with Gasteiger partial charge in [-0.15, -0.1) is 0 Å². The molecule has 0 bridgehead atoms. The Hall–Kier alpha value is -1.64. The van der Waals surface area contributed by atoms with E-state index in [-0.39, 0.29) is 5.91 Å². The maximum absolute atomic E-state index is 11.3. The highest BCUT2D eigenvalue weighted by molar-refractivity contribution is 5.76. The van der Waals surface area contributed by atoms with Crippen molar-refractivity contribution in [3.63, 3.8) is 0 Å². The lowest BCUT2D eigenvalue weighted by atomic mass is 10.1. The molecule has 16 heavy (non-hydrogen) atoms. The first-order valence-corrected chi connectivity index (χ1v) is 5.57. The molecule has 1 amide bonds. The van der Waals surface area contributed by atoms with Crippen LogP contribution in [0.25, 0.3) is 0 Å². The second-order valence-corrected chi connectivity index (χ2v) is 3.64. The van der Waals surface area contributed by atoms with Crippen LogP contribution in [0.3, 0.4) is 0 Å². The van der Waals surface area contributed by atoms with Crippen molar-refractivity contribution < 1.29 is 9.59 Å². The van der Waals surface area contributed by atoms with Crippen molar-refractivity contribution in [1.82, 2.24) is 5.32 Å². The summed E-state index contributed by atoms with van der Waals surface area (Å²) in [6.07, 6.45) is 3.23. The SMILES string of the molecule is O=CCCCC(=O)NCCc1ccccc1. The van der Waals surface area contributed by atoms with Gasteiger partial charge in [0.15, 0.2) is 0 Å². The van der Waals surface area contributed by atoms with Crippen LogP contribution < -0.4 is 5.32 Å². The van der Waals surface area contributed by atoms with Gasteiger partial charge in [0.05, 0.1) is 0 Å². The van der Waals surface area contributed by atoms with Crippen LogP contribution in [0.1, 0.15) is 24.8 Å². The number of carbonyl (C=O) groups excluding carboxylic acids is 2. The average Bonchev–Trinajstić information content (AvgIpc) is 2.31. The topological polar surface area (TPSA) is 46.2 Å². The lowest BCUT2D eigenvalue weighted by Crippen LogP contribution is -2.25. The molecule has 0 fully saturated rings. The van der Waals surface area contributed by atoms with Gasteiger partial charge in [0.2, 0.25) is 5.91 Å². The van der Waals surface area contributed by atoms with E-state index in [0.717, 1.165) is 12.7 Å². The largest absolute Gasteiger partial charge is 0.356 e.